The number of anilines is 2. The number of imide groups is 1. The first-order valence-electron chi connectivity index (χ1n) is 11.4. The molecule has 3 aromatic carbocycles. The lowest BCUT2D eigenvalue weighted by atomic mass is 10.1. The normalized spacial score (nSPS) is 13.5. The van der Waals surface area contributed by atoms with E-state index in [1.54, 1.807) is 38.1 Å². The number of nitrogens with one attached hydrogen (secondary N) is 1. The van der Waals surface area contributed by atoms with Gasteiger partial charge in [0.05, 0.1) is 17.4 Å². The molecule has 3 aromatic rings. The van der Waals surface area contributed by atoms with Crippen LogP contribution in [0.5, 0.6) is 0 Å². The number of ether oxygens (including phenoxy) is 1. The Kier molecular flexibility index (Phi) is 7.36. The first kappa shape index (κ1) is 24.3. The third-order valence-electron chi connectivity index (χ3n) is 5.37. The van der Waals surface area contributed by atoms with Crippen molar-refractivity contribution in [2.45, 2.75) is 38.2 Å². The van der Waals surface area contributed by atoms with Gasteiger partial charge in [0.2, 0.25) is 0 Å². The number of rotatable bonds is 8. The van der Waals surface area contributed by atoms with Gasteiger partial charge in [-0.05, 0) is 68.3 Å². The Morgan fingerprint density at radius 3 is 2.23 bits per heavy atom. The SMILES string of the molecule is CCc1ccccc1NC1=C(Sc2ccccc2)C(=O)N(c2ccc(C(=O)OC(C)C)cc2)C1=O. The summed E-state index contributed by atoms with van der Waals surface area (Å²) < 4.78 is 5.22. The van der Waals surface area contributed by atoms with Gasteiger partial charge in [0, 0.05) is 10.6 Å². The molecule has 178 valence electrons. The molecule has 2 amide bonds. The summed E-state index contributed by atoms with van der Waals surface area (Å²) in [4.78, 5) is 41.6. The standard InChI is InChI=1S/C28H26N2O4S/c1-4-19-10-8-9-13-23(19)29-24-25(35-22-11-6-5-7-12-22)27(32)30(26(24)31)21-16-14-20(15-17-21)28(33)34-18(2)3/h5-18,29H,4H2,1-3H3. The van der Waals surface area contributed by atoms with Crippen LogP contribution in [0.3, 0.4) is 0 Å². The van der Waals surface area contributed by atoms with Gasteiger partial charge in [0.25, 0.3) is 11.8 Å². The summed E-state index contributed by atoms with van der Waals surface area (Å²) in [5, 5.41) is 3.23. The van der Waals surface area contributed by atoms with Crippen molar-refractivity contribution in [1.29, 1.82) is 0 Å². The molecule has 0 saturated carbocycles. The molecule has 0 saturated heterocycles. The Hall–Kier alpha value is -3.84. The number of carbonyl (C=O) groups excluding carboxylic acids is 3. The molecule has 0 aromatic heterocycles. The van der Waals surface area contributed by atoms with E-state index in [0.29, 0.717) is 16.2 Å². The number of para-hydroxylation sites is 1. The molecule has 0 bridgehead atoms. The lowest BCUT2D eigenvalue weighted by molar-refractivity contribution is -0.120. The van der Waals surface area contributed by atoms with Crippen molar-refractivity contribution in [1.82, 2.24) is 0 Å². The molecule has 35 heavy (non-hydrogen) atoms. The molecule has 7 heteroatoms. The second-order valence-electron chi connectivity index (χ2n) is 8.20. The first-order chi connectivity index (χ1) is 16.9. The van der Waals surface area contributed by atoms with Gasteiger partial charge >= 0.3 is 5.97 Å². The van der Waals surface area contributed by atoms with E-state index in [1.807, 2.05) is 61.5 Å². The second-order valence-corrected chi connectivity index (χ2v) is 9.29. The number of nitrogens with zero attached hydrogens (tertiary/aromatic N) is 1. The monoisotopic (exact) mass is 486 g/mol. The number of thioether (sulfide) groups is 1. The molecule has 1 aliphatic heterocycles. The largest absolute Gasteiger partial charge is 0.459 e. The van der Waals surface area contributed by atoms with Gasteiger partial charge in [0.15, 0.2) is 0 Å². The number of hydrogen-bond donors (Lipinski definition) is 1. The van der Waals surface area contributed by atoms with Crippen LogP contribution in [0.4, 0.5) is 11.4 Å². The first-order valence-corrected chi connectivity index (χ1v) is 12.2. The summed E-state index contributed by atoms with van der Waals surface area (Å²) in [6.07, 6.45) is 0.530. The van der Waals surface area contributed by atoms with Gasteiger partial charge in [-0.1, -0.05) is 55.1 Å². The van der Waals surface area contributed by atoms with Crippen molar-refractivity contribution >= 4 is 40.9 Å². The lowest BCUT2D eigenvalue weighted by Gasteiger charge is -2.16. The van der Waals surface area contributed by atoms with Crippen molar-refractivity contribution in [2.24, 2.45) is 0 Å². The van der Waals surface area contributed by atoms with Crippen molar-refractivity contribution in [2.75, 3.05) is 10.2 Å². The zero-order chi connectivity index (χ0) is 24.9. The minimum atomic E-state index is -0.456. The van der Waals surface area contributed by atoms with Gasteiger partial charge in [0.1, 0.15) is 10.6 Å². The van der Waals surface area contributed by atoms with E-state index >= 15 is 0 Å². The average molecular weight is 487 g/mol. The predicted molar refractivity (Wildman–Crippen MR) is 138 cm³/mol. The van der Waals surface area contributed by atoms with Crippen LogP contribution in [0.25, 0.3) is 0 Å². The summed E-state index contributed by atoms with van der Waals surface area (Å²) in [6, 6.07) is 23.5. The summed E-state index contributed by atoms with van der Waals surface area (Å²) in [7, 11) is 0. The minimum Gasteiger partial charge on any atom is -0.459 e. The van der Waals surface area contributed by atoms with E-state index in [4.69, 9.17) is 4.74 Å². The maximum Gasteiger partial charge on any atom is 0.338 e. The molecule has 0 radical (unpaired) electrons. The molecule has 1 N–H and O–H groups in total. The van der Waals surface area contributed by atoms with Crippen LogP contribution >= 0.6 is 11.8 Å². The Balaban J connectivity index is 1.68. The molecular weight excluding hydrogens is 460 g/mol. The molecule has 6 nitrogen and oxygen atoms in total. The van der Waals surface area contributed by atoms with Crippen LogP contribution in [0.15, 0.2) is 94.4 Å². The van der Waals surface area contributed by atoms with Gasteiger partial charge in [-0.3, -0.25) is 9.59 Å². The van der Waals surface area contributed by atoms with Crippen LogP contribution in [0.2, 0.25) is 0 Å². The topological polar surface area (TPSA) is 75.7 Å². The molecular formula is C28H26N2O4S. The third kappa shape index (κ3) is 5.30. The second kappa shape index (κ2) is 10.6. The Labute approximate surface area is 209 Å². The highest BCUT2D eigenvalue weighted by Crippen LogP contribution is 2.38. The number of esters is 1. The minimum absolute atomic E-state index is 0.230. The van der Waals surface area contributed by atoms with Crippen LogP contribution in [0, 0.1) is 0 Å². The highest BCUT2D eigenvalue weighted by Gasteiger charge is 2.40. The van der Waals surface area contributed by atoms with Crippen LogP contribution in [-0.2, 0) is 20.7 Å². The summed E-state index contributed by atoms with van der Waals surface area (Å²) in [5.74, 6) is -1.32. The van der Waals surface area contributed by atoms with Crippen molar-refractivity contribution in [3.05, 3.63) is 101 Å². The van der Waals surface area contributed by atoms with E-state index in [2.05, 4.69) is 5.32 Å². The Morgan fingerprint density at radius 1 is 0.914 bits per heavy atom. The number of benzene rings is 3. The van der Waals surface area contributed by atoms with Gasteiger partial charge in [-0.25, -0.2) is 9.69 Å². The molecule has 1 aliphatic rings. The lowest BCUT2D eigenvalue weighted by Crippen LogP contribution is -2.32. The number of aryl methyl sites for hydroxylation is 1. The van der Waals surface area contributed by atoms with Gasteiger partial charge < -0.3 is 10.1 Å². The zero-order valence-electron chi connectivity index (χ0n) is 19.8. The fourth-order valence-electron chi connectivity index (χ4n) is 3.67. The molecule has 0 fully saturated rings. The van der Waals surface area contributed by atoms with Crippen molar-refractivity contribution < 1.29 is 19.1 Å². The van der Waals surface area contributed by atoms with Crippen LogP contribution in [-0.4, -0.2) is 23.9 Å². The number of hydrogen-bond acceptors (Lipinski definition) is 6. The van der Waals surface area contributed by atoms with E-state index in [-0.39, 0.29) is 11.8 Å². The van der Waals surface area contributed by atoms with Crippen molar-refractivity contribution in [3.63, 3.8) is 0 Å². The Morgan fingerprint density at radius 2 is 1.57 bits per heavy atom. The summed E-state index contributed by atoms with van der Waals surface area (Å²) in [6.45, 7) is 5.58. The van der Waals surface area contributed by atoms with Gasteiger partial charge in [-0.15, -0.1) is 0 Å². The summed E-state index contributed by atoms with van der Waals surface area (Å²) >= 11 is 1.25. The predicted octanol–water partition coefficient (Wildman–Crippen LogP) is 5.80. The quantitative estimate of drug-likeness (QED) is 0.320. The maximum atomic E-state index is 13.6. The molecule has 1 heterocycles. The fourth-order valence-corrected chi connectivity index (χ4v) is 4.62. The molecule has 0 aliphatic carbocycles. The van der Waals surface area contributed by atoms with Crippen LogP contribution in [0.1, 0.15) is 36.7 Å². The van der Waals surface area contributed by atoms with E-state index in [0.717, 1.165) is 27.5 Å². The highest BCUT2D eigenvalue weighted by molar-refractivity contribution is 8.04. The third-order valence-corrected chi connectivity index (χ3v) is 6.46. The zero-order valence-corrected chi connectivity index (χ0v) is 20.6. The Bertz CT molecular complexity index is 1280. The highest BCUT2D eigenvalue weighted by atomic mass is 32.2. The summed E-state index contributed by atoms with van der Waals surface area (Å²) in [5.41, 5.74) is 2.78. The molecule has 0 atom stereocenters. The van der Waals surface area contributed by atoms with E-state index in [9.17, 15) is 14.4 Å². The molecule has 0 unspecified atom stereocenters. The maximum absolute atomic E-state index is 13.6. The average Bonchev–Trinajstić information content (AvgIpc) is 3.08. The smallest absolute Gasteiger partial charge is 0.338 e. The molecule has 4 rings (SSSR count). The van der Waals surface area contributed by atoms with Crippen LogP contribution < -0.4 is 10.2 Å². The van der Waals surface area contributed by atoms with Crippen molar-refractivity contribution in [3.8, 4) is 0 Å². The number of amides is 2. The fraction of sp³-hybridized carbons (Fsp3) is 0.179. The van der Waals surface area contributed by atoms with Gasteiger partial charge in [-0.2, -0.15) is 0 Å². The number of carbonyl (C=O) groups is 3. The molecule has 0 spiro atoms. The van der Waals surface area contributed by atoms with E-state index < -0.39 is 17.8 Å². The van der Waals surface area contributed by atoms with E-state index in [1.165, 1.54) is 11.8 Å².